The van der Waals surface area contributed by atoms with Gasteiger partial charge < -0.3 is 10.4 Å². The molecule has 0 spiro atoms. The number of amides is 1. The van der Waals surface area contributed by atoms with Gasteiger partial charge in [-0.05, 0) is 12.5 Å². The molecule has 0 aliphatic carbocycles. The largest absolute Gasteiger partial charge is 0.480 e. The Morgan fingerprint density at radius 3 is 2.31 bits per heavy atom. The Kier molecular flexibility index (Phi) is 5.43. The number of carboxylic acids is 1. The second-order valence-electron chi connectivity index (χ2n) is 5.85. The third kappa shape index (κ3) is 4.15. The number of carbonyl (C=O) groups is 2. The number of aromatic nitrogens is 1. The highest BCUT2D eigenvalue weighted by molar-refractivity contribution is 7.17. The Morgan fingerprint density at radius 2 is 1.69 bits per heavy atom. The molecule has 1 amide bonds. The van der Waals surface area contributed by atoms with Crippen molar-refractivity contribution in [2.75, 3.05) is 0 Å². The predicted octanol–water partition coefficient (Wildman–Crippen LogP) is 3.54. The van der Waals surface area contributed by atoms with Crippen LogP contribution in [0.3, 0.4) is 0 Å². The minimum Gasteiger partial charge on any atom is -0.480 e. The van der Waals surface area contributed by atoms with E-state index in [0.29, 0.717) is 10.6 Å². The van der Waals surface area contributed by atoms with Crippen molar-refractivity contribution in [1.29, 1.82) is 0 Å². The summed E-state index contributed by atoms with van der Waals surface area (Å²) >= 11 is 1.26. The van der Waals surface area contributed by atoms with Gasteiger partial charge in [0, 0.05) is 12.0 Å². The fourth-order valence-corrected chi connectivity index (χ4v) is 3.56. The minimum absolute atomic E-state index is 0.227. The number of nitrogens with zero attached hydrogens (tertiary/aromatic N) is 1. The van der Waals surface area contributed by atoms with Crippen molar-refractivity contribution in [2.24, 2.45) is 0 Å². The van der Waals surface area contributed by atoms with Crippen molar-refractivity contribution in [2.45, 2.75) is 19.4 Å². The molecule has 0 radical (unpaired) electrons. The first-order valence-electron chi connectivity index (χ1n) is 8.15. The molecule has 132 valence electrons. The molecule has 1 heterocycles. The quantitative estimate of drug-likeness (QED) is 0.699. The normalized spacial score (nSPS) is 11.7. The van der Waals surface area contributed by atoms with E-state index in [1.807, 2.05) is 60.7 Å². The standard InChI is InChI=1S/C20H18N2O3S/c1-13-17(26-19(21-13)15-10-6-3-7-11-15)18(23)22-16(20(24)25)12-14-8-4-2-5-9-14/h2-11,16H,12H2,1H3,(H,22,23)(H,24,25). The monoisotopic (exact) mass is 366 g/mol. The van der Waals surface area contributed by atoms with Gasteiger partial charge >= 0.3 is 5.97 Å². The van der Waals surface area contributed by atoms with Crippen molar-refractivity contribution >= 4 is 23.2 Å². The SMILES string of the molecule is Cc1nc(-c2ccccc2)sc1C(=O)NC(Cc1ccccc1)C(=O)O. The topological polar surface area (TPSA) is 79.3 Å². The van der Waals surface area contributed by atoms with E-state index in [4.69, 9.17) is 0 Å². The third-order valence-electron chi connectivity index (χ3n) is 3.91. The van der Waals surface area contributed by atoms with Gasteiger partial charge in [-0.2, -0.15) is 0 Å². The van der Waals surface area contributed by atoms with Crippen LogP contribution in [0.15, 0.2) is 60.7 Å². The molecular weight excluding hydrogens is 348 g/mol. The second-order valence-corrected chi connectivity index (χ2v) is 6.85. The summed E-state index contributed by atoms with van der Waals surface area (Å²) in [7, 11) is 0. The molecule has 5 nitrogen and oxygen atoms in total. The van der Waals surface area contributed by atoms with Crippen molar-refractivity contribution in [3.8, 4) is 10.6 Å². The number of hydrogen-bond acceptors (Lipinski definition) is 4. The zero-order valence-corrected chi connectivity index (χ0v) is 15.0. The minimum atomic E-state index is -1.06. The first-order chi connectivity index (χ1) is 12.5. The summed E-state index contributed by atoms with van der Waals surface area (Å²) < 4.78 is 0. The molecule has 0 saturated carbocycles. The first kappa shape index (κ1) is 17.8. The van der Waals surface area contributed by atoms with Crippen LogP contribution in [0.2, 0.25) is 0 Å². The van der Waals surface area contributed by atoms with Gasteiger partial charge in [0.15, 0.2) is 0 Å². The van der Waals surface area contributed by atoms with Gasteiger partial charge in [0.2, 0.25) is 0 Å². The van der Waals surface area contributed by atoms with Crippen LogP contribution in [0.4, 0.5) is 0 Å². The highest BCUT2D eigenvalue weighted by Crippen LogP contribution is 2.27. The molecule has 3 rings (SSSR count). The van der Waals surface area contributed by atoms with Crippen LogP contribution in [0.5, 0.6) is 0 Å². The predicted molar refractivity (Wildman–Crippen MR) is 101 cm³/mol. The smallest absolute Gasteiger partial charge is 0.326 e. The fraction of sp³-hybridized carbons (Fsp3) is 0.150. The van der Waals surface area contributed by atoms with E-state index in [1.165, 1.54) is 11.3 Å². The van der Waals surface area contributed by atoms with Crippen molar-refractivity contribution in [1.82, 2.24) is 10.3 Å². The number of thiazole rings is 1. The fourth-order valence-electron chi connectivity index (χ4n) is 2.58. The number of aliphatic carboxylic acids is 1. The summed E-state index contributed by atoms with van der Waals surface area (Å²) in [6, 6.07) is 17.8. The van der Waals surface area contributed by atoms with Gasteiger partial charge in [0.25, 0.3) is 5.91 Å². The molecular formula is C20H18N2O3S. The summed E-state index contributed by atoms with van der Waals surface area (Å²) in [6.45, 7) is 1.75. The molecule has 0 fully saturated rings. The van der Waals surface area contributed by atoms with E-state index in [1.54, 1.807) is 6.92 Å². The average molecular weight is 366 g/mol. The summed E-state index contributed by atoms with van der Waals surface area (Å²) in [6.07, 6.45) is 0.227. The summed E-state index contributed by atoms with van der Waals surface area (Å²) in [5, 5.41) is 12.8. The summed E-state index contributed by atoms with van der Waals surface area (Å²) in [5.74, 6) is -1.47. The molecule has 0 aliphatic heterocycles. The van der Waals surface area contributed by atoms with E-state index >= 15 is 0 Å². The van der Waals surface area contributed by atoms with E-state index in [9.17, 15) is 14.7 Å². The lowest BCUT2D eigenvalue weighted by Gasteiger charge is -2.14. The summed E-state index contributed by atoms with van der Waals surface area (Å²) in [5.41, 5.74) is 2.38. The van der Waals surface area contributed by atoms with E-state index < -0.39 is 17.9 Å². The van der Waals surface area contributed by atoms with E-state index in [2.05, 4.69) is 10.3 Å². The number of rotatable bonds is 6. The first-order valence-corrected chi connectivity index (χ1v) is 8.96. The molecule has 0 saturated heterocycles. The van der Waals surface area contributed by atoms with Crippen molar-refractivity contribution in [3.05, 3.63) is 76.8 Å². The van der Waals surface area contributed by atoms with Crippen LogP contribution in [0, 0.1) is 6.92 Å². The highest BCUT2D eigenvalue weighted by atomic mass is 32.1. The Morgan fingerprint density at radius 1 is 1.08 bits per heavy atom. The van der Waals surface area contributed by atoms with Gasteiger partial charge in [0.05, 0.1) is 5.69 Å². The molecule has 2 N–H and O–H groups in total. The maximum absolute atomic E-state index is 12.6. The number of benzene rings is 2. The molecule has 3 aromatic rings. The molecule has 1 unspecified atom stereocenters. The van der Waals surface area contributed by atoms with Crippen LogP contribution in [0.25, 0.3) is 10.6 Å². The van der Waals surface area contributed by atoms with Gasteiger partial charge in [-0.1, -0.05) is 60.7 Å². The number of carboxylic acid groups (broad SMARTS) is 1. The van der Waals surface area contributed by atoms with Crippen LogP contribution in [-0.4, -0.2) is 28.0 Å². The number of aryl methyl sites for hydroxylation is 1. The van der Waals surface area contributed by atoms with Crippen LogP contribution < -0.4 is 5.32 Å². The lowest BCUT2D eigenvalue weighted by Crippen LogP contribution is -2.42. The summed E-state index contributed by atoms with van der Waals surface area (Å²) in [4.78, 5) is 29.0. The van der Waals surface area contributed by atoms with Gasteiger partial charge in [-0.25, -0.2) is 9.78 Å². The molecule has 1 atom stereocenters. The molecule has 6 heteroatoms. The van der Waals surface area contributed by atoms with Gasteiger partial charge in [0.1, 0.15) is 15.9 Å². The molecule has 2 aromatic carbocycles. The molecule has 26 heavy (non-hydrogen) atoms. The van der Waals surface area contributed by atoms with Crippen LogP contribution >= 0.6 is 11.3 Å². The maximum Gasteiger partial charge on any atom is 0.326 e. The maximum atomic E-state index is 12.6. The Balaban J connectivity index is 1.78. The van der Waals surface area contributed by atoms with E-state index in [0.717, 1.165) is 16.1 Å². The Bertz CT molecular complexity index is 907. The Hall–Kier alpha value is -2.99. The van der Waals surface area contributed by atoms with Crippen molar-refractivity contribution < 1.29 is 14.7 Å². The van der Waals surface area contributed by atoms with Crippen molar-refractivity contribution in [3.63, 3.8) is 0 Å². The average Bonchev–Trinajstić information content (AvgIpc) is 3.04. The van der Waals surface area contributed by atoms with Gasteiger partial charge in [-0.15, -0.1) is 11.3 Å². The third-order valence-corrected chi connectivity index (χ3v) is 5.11. The molecule has 1 aromatic heterocycles. The number of carbonyl (C=O) groups excluding carboxylic acids is 1. The zero-order valence-electron chi connectivity index (χ0n) is 14.2. The highest BCUT2D eigenvalue weighted by Gasteiger charge is 2.24. The van der Waals surface area contributed by atoms with E-state index in [-0.39, 0.29) is 6.42 Å². The Labute approximate surface area is 155 Å². The number of nitrogens with one attached hydrogen (secondary N) is 1. The number of hydrogen-bond donors (Lipinski definition) is 2. The van der Waals surface area contributed by atoms with Crippen LogP contribution in [-0.2, 0) is 11.2 Å². The lowest BCUT2D eigenvalue weighted by atomic mass is 10.1. The second kappa shape index (κ2) is 7.93. The molecule has 0 bridgehead atoms. The van der Waals surface area contributed by atoms with Gasteiger partial charge in [-0.3, -0.25) is 4.79 Å². The van der Waals surface area contributed by atoms with Crippen LogP contribution in [0.1, 0.15) is 20.9 Å². The molecule has 0 aliphatic rings. The zero-order chi connectivity index (χ0) is 18.5. The lowest BCUT2D eigenvalue weighted by molar-refractivity contribution is -0.139.